The molecule has 5 heteroatoms. The number of hydrogen-bond donors (Lipinski definition) is 1. The van der Waals surface area contributed by atoms with E-state index < -0.39 is 0 Å². The molecule has 1 aliphatic carbocycles. The molecule has 40 heavy (non-hydrogen) atoms. The highest BCUT2D eigenvalue weighted by atomic mass is 16.5. The van der Waals surface area contributed by atoms with Crippen LogP contribution in [0.2, 0.25) is 0 Å². The molecule has 0 unspecified atom stereocenters. The van der Waals surface area contributed by atoms with E-state index in [1.807, 2.05) is 0 Å². The lowest BCUT2D eigenvalue weighted by Gasteiger charge is -2.27. The number of rotatable bonds is 7. The van der Waals surface area contributed by atoms with Gasteiger partial charge in [0.25, 0.3) is 5.91 Å². The molecule has 1 saturated heterocycles. The van der Waals surface area contributed by atoms with Gasteiger partial charge in [0.1, 0.15) is 0 Å². The van der Waals surface area contributed by atoms with E-state index in [-0.39, 0.29) is 17.4 Å². The van der Waals surface area contributed by atoms with Gasteiger partial charge in [-0.05, 0) is 93.2 Å². The Kier molecular flexibility index (Phi) is 8.61. The van der Waals surface area contributed by atoms with Crippen molar-refractivity contribution in [1.82, 2.24) is 14.5 Å². The largest absolute Gasteiger partial charge is 0.381 e. The third kappa shape index (κ3) is 6.10. The molecule has 3 aromatic rings. The molecule has 0 spiro atoms. The van der Waals surface area contributed by atoms with Crippen LogP contribution >= 0.6 is 0 Å². The van der Waals surface area contributed by atoms with Gasteiger partial charge in [0, 0.05) is 60.7 Å². The van der Waals surface area contributed by atoms with Crippen LogP contribution in [0.5, 0.6) is 0 Å². The van der Waals surface area contributed by atoms with E-state index in [0.717, 1.165) is 49.6 Å². The quantitative estimate of drug-likeness (QED) is 0.326. The number of benzene rings is 1. The smallest absolute Gasteiger partial charge is 0.253 e. The molecule has 1 aliphatic heterocycles. The van der Waals surface area contributed by atoms with Crippen LogP contribution in [0.25, 0.3) is 22.5 Å². The molecule has 2 aliphatic rings. The summed E-state index contributed by atoms with van der Waals surface area (Å²) in [7, 11) is 0. The molecule has 1 amide bonds. The van der Waals surface area contributed by atoms with Gasteiger partial charge in [-0.3, -0.25) is 4.79 Å². The number of amides is 1. The molecule has 1 saturated carbocycles. The Morgan fingerprint density at radius 3 is 2.40 bits per heavy atom. The number of carbonyl (C=O) groups excluding carboxylic acids is 1. The maximum atomic E-state index is 13.6. The van der Waals surface area contributed by atoms with Crippen LogP contribution < -0.4 is 5.32 Å². The van der Waals surface area contributed by atoms with Crippen molar-refractivity contribution in [3.8, 4) is 22.5 Å². The van der Waals surface area contributed by atoms with Gasteiger partial charge in [-0.25, -0.2) is 0 Å². The Labute approximate surface area is 241 Å². The summed E-state index contributed by atoms with van der Waals surface area (Å²) in [5.74, 6) is 0.719. The Morgan fingerprint density at radius 2 is 1.73 bits per heavy atom. The number of aromatic nitrogens is 2. The predicted octanol–water partition coefficient (Wildman–Crippen LogP) is 8.30. The first kappa shape index (κ1) is 28.7. The van der Waals surface area contributed by atoms with Crippen LogP contribution in [0.3, 0.4) is 0 Å². The summed E-state index contributed by atoms with van der Waals surface area (Å²) in [6.07, 6.45) is 10.5. The topological polar surface area (TPSA) is 48.2 Å². The number of ether oxygens (including phenoxy) is 1. The van der Waals surface area contributed by atoms with Crippen LogP contribution in [0, 0.1) is 12.8 Å². The molecule has 3 heterocycles. The van der Waals surface area contributed by atoms with Gasteiger partial charge in [0.15, 0.2) is 0 Å². The predicted molar refractivity (Wildman–Crippen MR) is 165 cm³/mol. The minimum atomic E-state index is -0.0312. The monoisotopic (exact) mass is 543 g/mol. The second-order valence-corrected chi connectivity index (χ2v) is 13.4. The van der Waals surface area contributed by atoms with Crippen LogP contribution in [0.4, 0.5) is 0 Å². The van der Waals surface area contributed by atoms with Gasteiger partial charge in [-0.1, -0.05) is 52.2 Å². The maximum Gasteiger partial charge on any atom is 0.253 e. The zero-order chi connectivity index (χ0) is 28.4. The molecule has 1 aromatic carbocycles. The molecule has 5 nitrogen and oxygen atoms in total. The molecular formula is C35H49N3O2. The summed E-state index contributed by atoms with van der Waals surface area (Å²) in [4.78, 5) is 13.6. The summed E-state index contributed by atoms with van der Waals surface area (Å²) in [6, 6.07) is 14.1. The molecular weight excluding hydrogens is 494 g/mol. The van der Waals surface area contributed by atoms with Crippen molar-refractivity contribution in [2.45, 2.75) is 111 Å². The molecule has 2 fully saturated rings. The summed E-state index contributed by atoms with van der Waals surface area (Å²) < 4.78 is 10.3. The van der Waals surface area contributed by atoms with Crippen molar-refractivity contribution in [3.05, 3.63) is 59.4 Å². The van der Waals surface area contributed by atoms with E-state index in [2.05, 4.69) is 98.6 Å². The zero-order valence-electron chi connectivity index (χ0n) is 25.6. The second-order valence-electron chi connectivity index (χ2n) is 13.4. The molecule has 216 valence electrons. The van der Waals surface area contributed by atoms with E-state index in [1.165, 1.54) is 54.5 Å². The van der Waals surface area contributed by atoms with Crippen molar-refractivity contribution < 1.29 is 9.53 Å². The van der Waals surface area contributed by atoms with Crippen LogP contribution in [-0.2, 0) is 16.7 Å². The van der Waals surface area contributed by atoms with Crippen molar-refractivity contribution in [3.63, 3.8) is 0 Å². The van der Waals surface area contributed by atoms with Gasteiger partial charge in [-0.15, -0.1) is 0 Å². The van der Waals surface area contributed by atoms with Crippen molar-refractivity contribution >= 4 is 5.91 Å². The molecule has 0 radical (unpaired) electrons. The average Bonchev–Trinajstić information content (AvgIpc) is 3.55. The molecule has 0 bridgehead atoms. The first-order chi connectivity index (χ1) is 19.1. The van der Waals surface area contributed by atoms with Crippen molar-refractivity contribution in [1.29, 1.82) is 0 Å². The van der Waals surface area contributed by atoms with Gasteiger partial charge < -0.3 is 19.2 Å². The Hall–Kier alpha value is -2.79. The zero-order valence-corrected chi connectivity index (χ0v) is 25.6. The Morgan fingerprint density at radius 1 is 1.00 bits per heavy atom. The highest BCUT2D eigenvalue weighted by Crippen LogP contribution is 2.39. The normalized spacial score (nSPS) is 17.5. The molecule has 5 rings (SSSR count). The lowest BCUT2D eigenvalue weighted by atomic mass is 9.81. The van der Waals surface area contributed by atoms with E-state index in [0.29, 0.717) is 12.0 Å². The summed E-state index contributed by atoms with van der Waals surface area (Å²) in [5, 5.41) is 3.32. The Bertz CT molecular complexity index is 1310. The lowest BCUT2D eigenvalue weighted by molar-refractivity contribution is 0.0696. The molecule has 1 N–H and O–H groups in total. The standard InChI is InChI=1S/C35H49N3O2/c1-24(2)37-18-10-13-32(37)29-15-14-27(21-31(29)35(4,5)6)33-22-30(34(39)36-28-16-19-40-20-17-28)25(3)38(33)23-26-11-8-7-9-12-26/h10,13-15,18,21-22,24,26,28H,7-9,11-12,16-17,19-20,23H2,1-6H3,(H,36,39). The number of nitrogens with one attached hydrogen (secondary N) is 1. The second kappa shape index (κ2) is 12.0. The lowest BCUT2D eigenvalue weighted by Crippen LogP contribution is -2.39. The maximum absolute atomic E-state index is 13.6. The SMILES string of the molecule is Cc1c(C(=O)NC2CCOCC2)cc(-c2ccc(-c3cccn3C(C)C)c(C(C)(C)C)c2)n1CC1CCCCC1. The molecule has 2 aromatic heterocycles. The van der Waals surface area contributed by atoms with Crippen molar-refractivity contribution in [2.24, 2.45) is 5.92 Å². The first-order valence-corrected chi connectivity index (χ1v) is 15.5. The third-order valence-electron chi connectivity index (χ3n) is 9.07. The van der Waals surface area contributed by atoms with E-state index in [4.69, 9.17) is 4.74 Å². The van der Waals surface area contributed by atoms with Crippen LogP contribution in [-0.4, -0.2) is 34.3 Å². The van der Waals surface area contributed by atoms with Gasteiger partial charge in [-0.2, -0.15) is 0 Å². The fraction of sp³-hybridized carbons (Fsp3) is 0.571. The van der Waals surface area contributed by atoms with Crippen LogP contribution in [0.15, 0.2) is 42.6 Å². The minimum absolute atomic E-state index is 0.0312. The third-order valence-corrected chi connectivity index (χ3v) is 9.07. The van der Waals surface area contributed by atoms with E-state index in [1.54, 1.807) is 0 Å². The first-order valence-electron chi connectivity index (χ1n) is 15.5. The fourth-order valence-electron chi connectivity index (χ4n) is 6.70. The number of nitrogens with zero attached hydrogens (tertiary/aromatic N) is 2. The fourth-order valence-corrected chi connectivity index (χ4v) is 6.70. The summed E-state index contributed by atoms with van der Waals surface area (Å²) >= 11 is 0. The van der Waals surface area contributed by atoms with Crippen LogP contribution in [0.1, 0.15) is 107 Å². The Balaban J connectivity index is 1.57. The minimum Gasteiger partial charge on any atom is -0.381 e. The van der Waals surface area contributed by atoms with Gasteiger partial charge in [0.05, 0.1) is 5.56 Å². The van der Waals surface area contributed by atoms with Gasteiger partial charge in [0.2, 0.25) is 0 Å². The average molecular weight is 544 g/mol. The summed E-state index contributed by atoms with van der Waals surface area (Å²) in [6.45, 7) is 15.9. The van der Waals surface area contributed by atoms with E-state index >= 15 is 0 Å². The highest BCUT2D eigenvalue weighted by molar-refractivity contribution is 5.97. The summed E-state index contributed by atoms with van der Waals surface area (Å²) in [5.41, 5.74) is 8.11. The number of carbonyl (C=O) groups is 1. The highest BCUT2D eigenvalue weighted by Gasteiger charge is 2.26. The van der Waals surface area contributed by atoms with E-state index in [9.17, 15) is 4.79 Å². The van der Waals surface area contributed by atoms with Crippen molar-refractivity contribution in [2.75, 3.05) is 13.2 Å². The molecule has 0 atom stereocenters. The van der Waals surface area contributed by atoms with Gasteiger partial charge >= 0.3 is 0 Å². The number of hydrogen-bond acceptors (Lipinski definition) is 2.